The third-order valence-electron chi connectivity index (χ3n) is 4.92. The van der Waals surface area contributed by atoms with E-state index in [-0.39, 0.29) is 5.83 Å². The van der Waals surface area contributed by atoms with Gasteiger partial charge in [-0.05, 0) is 61.6 Å². The Balaban J connectivity index is 1.88. The summed E-state index contributed by atoms with van der Waals surface area (Å²) < 4.78 is 14.1. The van der Waals surface area contributed by atoms with Crippen molar-refractivity contribution in [3.63, 3.8) is 0 Å². The first-order valence-electron chi connectivity index (χ1n) is 10.8. The van der Waals surface area contributed by atoms with Crippen molar-refractivity contribution in [2.75, 3.05) is 0 Å². The van der Waals surface area contributed by atoms with Crippen molar-refractivity contribution in [1.82, 2.24) is 0 Å². The minimum absolute atomic E-state index is 0.141. The fourth-order valence-electron chi connectivity index (χ4n) is 3.10. The molecule has 0 aliphatic heterocycles. The van der Waals surface area contributed by atoms with Gasteiger partial charge in [-0.1, -0.05) is 82.1 Å². The molecule has 2 aromatic rings. The Kier molecular flexibility index (Phi) is 10.2. The van der Waals surface area contributed by atoms with Crippen molar-refractivity contribution in [3.05, 3.63) is 76.9 Å². The van der Waals surface area contributed by atoms with E-state index in [0.29, 0.717) is 5.56 Å². The van der Waals surface area contributed by atoms with E-state index >= 15 is 0 Å². The number of aryl methyl sites for hydroxylation is 1. The molecule has 0 heterocycles. The van der Waals surface area contributed by atoms with Crippen molar-refractivity contribution in [1.29, 1.82) is 0 Å². The van der Waals surface area contributed by atoms with Gasteiger partial charge in [-0.15, -0.1) is 0 Å². The summed E-state index contributed by atoms with van der Waals surface area (Å²) in [6.07, 6.45) is 12.3. The van der Waals surface area contributed by atoms with Crippen LogP contribution < -0.4 is 0 Å². The Morgan fingerprint density at radius 2 is 1.32 bits per heavy atom. The highest BCUT2D eigenvalue weighted by atomic mass is 19.1. The number of allylic oxidation sites excluding steroid dienone is 1. The number of halogens is 1. The quantitative estimate of drug-likeness (QED) is 0.290. The maximum absolute atomic E-state index is 14.1. The van der Waals surface area contributed by atoms with Crippen molar-refractivity contribution in [2.45, 2.75) is 71.6 Å². The van der Waals surface area contributed by atoms with Gasteiger partial charge in [0.05, 0.1) is 0 Å². The molecule has 0 saturated carbocycles. The molecule has 0 aliphatic rings. The first-order valence-corrected chi connectivity index (χ1v) is 10.8. The lowest BCUT2D eigenvalue weighted by molar-refractivity contribution is 0.632. The number of benzene rings is 2. The van der Waals surface area contributed by atoms with Crippen molar-refractivity contribution >= 4 is 5.83 Å². The van der Waals surface area contributed by atoms with Crippen LogP contribution in [0.15, 0.2) is 54.6 Å². The van der Waals surface area contributed by atoms with E-state index in [0.717, 1.165) is 36.8 Å². The van der Waals surface area contributed by atoms with Crippen LogP contribution in [-0.2, 0) is 6.42 Å². The van der Waals surface area contributed by atoms with E-state index in [1.807, 2.05) is 24.3 Å². The van der Waals surface area contributed by atoms with Gasteiger partial charge in [0.15, 0.2) is 0 Å². The van der Waals surface area contributed by atoms with Gasteiger partial charge in [0.2, 0.25) is 0 Å². The zero-order valence-corrected chi connectivity index (χ0v) is 17.4. The molecule has 0 spiro atoms. The summed E-state index contributed by atoms with van der Waals surface area (Å²) in [4.78, 5) is 0. The van der Waals surface area contributed by atoms with E-state index in [9.17, 15) is 4.39 Å². The molecule has 0 nitrogen and oxygen atoms in total. The highest BCUT2D eigenvalue weighted by Gasteiger charge is 1.99. The molecule has 0 saturated heterocycles. The van der Waals surface area contributed by atoms with E-state index < -0.39 is 0 Å². The van der Waals surface area contributed by atoms with E-state index in [1.54, 1.807) is 6.08 Å². The van der Waals surface area contributed by atoms with E-state index in [1.165, 1.54) is 37.7 Å². The molecule has 0 unspecified atom stereocenters. The molecule has 0 bridgehead atoms. The molecule has 2 aromatic carbocycles. The molecule has 28 heavy (non-hydrogen) atoms. The average Bonchev–Trinajstić information content (AvgIpc) is 2.73. The zero-order chi connectivity index (χ0) is 20.0. The fraction of sp³-hybridized carbons (Fsp3) is 0.407. The Bertz CT molecular complexity index is 770. The standard InChI is InChI=1S/C27H33F/c1-3-5-7-8-10-11-23-13-15-24(16-14-23)17-18-25-19-21-26(22-20-25)27(28)12-9-6-4-2/h12-16,19-22H,3-11H2,1-2H3/b27-12+. The van der Waals surface area contributed by atoms with Crippen LogP contribution in [0.1, 0.15) is 87.5 Å². The van der Waals surface area contributed by atoms with Gasteiger partial charge in [0.25, 0.3) is 0 Å². The van der Waals surface area contributed by atoms with Crippen LogP contribution in [0.25, 0.3) is 5.83 Å². The summed E-state index contributed by atoms with van der Waals surface area (Å²) >= 11 is 0. The van der Waals surface area contributed by atoms with Crippen LogP contribution in [0.2, 0.25) is 0 Å². The maximum Gasteiger partial charge on any atom is 0.126 e. The smallest absolute Gasteiger partial charge is 0.126 e. The SMILES string of the molecule is CCCC/C=C(/F)c1ccc(C#Cc2ccc(CCCCCCC)cc2)cc1. The van der Waals surface area contributed by atoms with Gasteiger partial charge in [0, 0.05) is 16.7 Å². The predicted octanol–water partition coefficient (Wildman–Crippen LogP) is 8.10. The topological polar surface area (TPSA) is 0 Å². The molecule has 0 aromatic heterocycles. The summed E-state index contributed by atoms with van der Waals surface area (Å²) in [5.41, 5.74) is 3.94. The second-order valence-corrected chi connectivity index (χ2v) is 7.38. The summed E-state index contributed by atoms with van der Waals surface area (Å²) in [6, 6.07) is 16.0. The molecule has 0 atom stereocenters. The van der Waals surface area contributed by atoms with E-state index in [2.05, 4.69) is 50.0 Å². The van der Waals surface area contributed by atoms with Gasteiger partial charge < -0.3 is 0 Å². The van der Waals surface area contributed by atoms with Crippen LogP contribution >= 0.6 is 0 Å². The number of hydrogen-bond donors (Lipinski definition) is 0. The maximum atomic E-state index is 14.1. The van der Waals surface area contributed by atoms with Gasteiger partial charge in [0.1, 0.15) is 5.83 Å². The minimum atomic E-state index is -0.141. The van der Waals surface area contributed by atoms with Crippen molar-refractivity contribution in [3.8, 4) is 11.8 Å². The lowest BCUT2D eigenvalue weighted by Gasteiger charge is -2.02. The Labute approximate surface area is 170 Å². The highest BCUT2D eigenvalue weighted by molar-refractivity contribution is 5.60. The Morgan fingerprint density at radius 3 is 1.93 bits per heavy atom. The van der Waals surface area contributed by atoms with Crippen LogP contribution in [0, 0.1) is 11.8 Å². The summed E-state index contributed by atoms with van der Waals surface area (Å²) in [6.45, 7) is 4.36. The van der Waals surface area contributed by atoms with Crippen LogP contribution in [0.3, 0.4) is 0 Å². The monoisotopic (exact) mass is 376 g/mol. The largest absolute Gasteiger partial charge is 0.207 e. The molecule has 0 fully saturated rings. The Morgan fingerprint density at radius 1 is 0.750 bits per heavy atom. The van der Waals surface area contributed by atoms with Gasteiger partial charge in [-0.3, -0.25) is 0 Å². The molecule has 2 rings (SSSR count). The summed E-state index contributed by atoms with van der Waals surface area (Å²) in [5.74, 6) is 6.24. The molecule has 0 amide bonds. The fourth-order valence-corrected chi connectivity index (χ4v) is 3.10. The Hall–Kier alpha value is -2.33. The van der Waals surface area contributed by atoms with Gasteiger partial charge in [-0.25, -0.2) is 4.39 Å². The van der Waals surface area contributed by atoms with Gasteiger partial charge in [-0.2, -0.15) is 0 Å². The first-order chi connectivity index (χ1) is 13.7. The molecule has 0 N–H and O–H groups in total. The number of unbranched alkanes of at least 4 members (excludes halogenated alkanes) is 6. The highest BCUT2D eigenvalue weighted by Crippen LogP contribution is 2.18. The lowest BCUT2D eigenvalue weighted by atomic mass is 10.0. The number of rotatable bonds is 10. The third kappa shape index (κ3) is 8.13. The first kappa shape index (κ1) is 22.0. The summed E-state index contributed by atoms with van der Waals surface area (Å²) in [5, 5.41) is 0. The zero-order valence-electron chi connectivity index (χ0n) is 17.4. The van der Waals surface area contributed by atoms with Crippen LogP contribution in [0.5, 0.6) is 0 Å². The molecule has 0 aliphatic carbocycles. The molecule has 0 radical (unpaired) electrons. The molecule has 148 valence electrons. The molecular weight excluding hydrogens is 343 g/mol. The summed E-state index contributed by atoms with van der Waals surface area (Å²) in [7, 11) is 0. The van der Waals surface area contributed by atoms with Gasteiger partial charge >= 0.3 is 0 Å². The number of hydrogen-bond acceptors (Lipinski definition) is 0. The normalized spacial score (nSPS) is 11.2. The van der Waals surface area contributed by atoms with Crippen LogP contribution in [0.4, 0.5) is 4.39 Å². The predicted molar refractivity (Wildman–Crippen MR) is 120 cm³/mol. The van der Waals surface area contributed by atoms with E-state index in [4.69, 9.17) is 0 Å². The molecule has 1 heteroatoms. The third-order valence-corrected chi connectivity index (χ3v) is 4.92. The van der Waals surface area contributed by atoms with Crippen molar-refractivity contribution < 1.29 is 4.39 Å². The average molecular weight is 377 g/mol. The molecular formula is C27H33F. The second kappa shape index (κ2) is 12.9. The van der Waals surface area contributed by atoms with Crippen LogP contribution in [-0.4, -0.2) is 0 Å². The van der Waals surface area contributed by atoms with Crippen molar-refractivity contribution in [2.24, 2.45) is 0 Å². The minimum Gasteiger partial charge on any atom is -0.207 e. The lowest BCUT2D eigenvalue weighted by Crippen LogP contribution is -1.86. The second-order valence-electron chi connectivity index (χ2n) is 7.38.